The molecule has 0 spiro atoms. The van der Waals surface area contributed by atoms with Crippen LogP contribution in [0.3, 0.4) is 0 Å². The summed E-state index contributed by atoms with van der Waals surface area (Å²) in [5, 5.41) is 17.6. The van der Waals surface area contributed by atoms with E-state index in [9.17, 15) is 22.8 Å². The van der Waals surface area contributed by atoms with Crippen molar-refractivity contribution < 1.29 is 27.8 Å². The molecule has 0 aliphatic rings. The van der Waals surface area contributed by atoms with Gasteiger partial charge in [0.15, 0.2) is 0 Å². The molecule has 0 unspecified atom stereocenters. The second-order valence-corrected chi connectivity index (χ2v) is 5.21. The van der Waals surface area contributed by atoms with Crippen LogP contribution in [0.1, 0.15) is 11.1 Å². The molecule has 0 bridgehead atoms. The van der Waals surface area contributed by atoms with Crippen molar-refractivity contribution in [3.63, 3.8) is 0 Å². The molecule has 0 fully saturated rings. The smallest absolute Gasteiger partial charge is 0.420 e. The number of nitrogens with zero attached hydrogens (tertiary/aromatic N) is 2. The van der Waals surface area contributed by atoms with Crippen molar-refractivity contribution >= 4 is 17.6 Å². The quantitative estimate of drug-likeness (QED) is 0.889. The third-order valence-electron chi connectivity index (χ3n) is 2.95. The van der Waals surface area contributed by atoms with Gasteiger partial charge in [0.2, 0.25) is 5.75 Å². The lowest BCUT2D eigenvalue weighted by Crippen LogP contribution is -2.27. The summed E-state index contributed by atoms with van der Waals surface area (Å²) in [6, 6.07) is 5.76. The number of benzene rings is 1. The monoisotopic (exact) mass is 372 g/mol. The van der Waals surface area contributed by atoms with Gasteiger partial charge in [-0.15, -0.1) is 0 Å². The highest BCUT2D eigenvalue weighted by Crippen LogP contribution is 2.36. The molecule has 1 aromatic carbocycles. The van der Waals surface area contributed by atoms with Crippen molar-refractivity contribution in [2.45, 2.75) is 12.7 Å². The molecule has 1 N–H and O–H groups in total. The van der Waals surface area contributed by atoms with E-state index in [-0.39, 0.29) is 16.3 Å². The molecule has 2 aromatic rings. The largest absolute Gasteiger partial charge is 0.480 e. The van der Waals surface area contributed by atoms with Crippen molar-refractivity contribution in [1.29, 1.82) is 5.26 Å². The Morgan fingerprint density at radius 3 is 2.60 bits per heavy atom. The van der Waals surface area contributed by atoms with Crippen molar-refractivity contribution in [3.05, 3.63) is 57.0 Å². The second-order valence-electron chi connectivity index (χ2n) is 4.77. The van der Waals surface area contributed by atoms with Crippen LogP contribution in [0.4, 0.5) is 13.2 Å². The summed E-state index contributed by atoms with van der Waals surface area (Å²) < 4.78 is 45.0. The van der Waals surface area contributed by atoms with E-state index in [1.165, 1.54) is 6.07 Å². The number of halogens is 4. The molecule has 0 aliphatic carbocycles. The van der Waals surface area contributed by atoms with Crippen LogP contribution in [0.5, 0.6) is 11.5 Å². The van der Waals surface area contributed by atoms with Gasteiger partial charge in [-0.3, -0.25) is 9.59 Å². The first-order valence-electron chi connectivity index (χ1n) is 6.53. The molecule has 25 heavy (non-hydrogen) atoms. The third kappa shape index (κ3) is 4.30. The Kier molecular flexibility index (Phi) is 5.04. The minimum atomic E-state index is -4.91. The molecule has 130 valence electrons. The lowest BCUT2D eigenvalue weighted by molar-refractivity contribution is -0.138. The van der Waals surface area contributed by atoms with Crippen molar-refractivity contribution in [2.24, 2.45) is 0 Å². The first-order valence-corrected chi connectivity index (χ1v) is 6.90. The van der Waals surface area contributed by atoms with Crippen LogP contribution in [0, 0.1) is 11.3 Å². The van der Waals surface area contributed by atoms with Gasteiger partial charge in [-0.1, -0.05) is 11.6 Å². The van der Waals surface area contributed by atoms with E-state index in [1.54, 1.807) is 6.07 Å². The van der Waals surface area contributed by atoms with E-state index in [0.717, 1.165) is 12.1 Å². The first-order chi connectivity index (χ1) is 11.6. The third-order valence-corrected chi connectivity index (χ3v) is 3.17. The number of carbonyl (C=O) groups is 1. The van der Waals surface area contributed by atoms with Crippen LogP contribution in [-0.2, 0) is 17.5 Å². The second kappa shape index (κ2) is 6.86. The maximum Gasteiger partial charge on any atom is 0.420 e. The van der Waals surface area contributed by atoms with Crippen molar-refractivity contribution in [1.82, 2.24) is 4.57 Å². The van der Waals surface area contributed by atoms with Gasteiger partial charge < -0.3 is 14.4 Å². The summed E-state index contributed by atoms with van der Waals surface area (Å²) in [5.41, 5.74) is -2.65. The Morgan fingerprint density at radius 1 is 1.36 bits per heavy atom. The number of aromatic nitrogens is 1. The average molecular weight is 373 g/mol. The Bertz CT molecular complexity index is 932. The van der Waals surface area contributed by atoms with Crippen molar-refractivity contribution in [3.8, 4) is 17.6 Å². The van der Waals surface area contributed by atoms with Crippen LogP contribution in [0.2, 0.25) is 5.02 Å². The molecule has 0 saturated heterocycles. The fourth-order valence-electron chi connectivity index (χ4n) is 1.95. The molecule has 6 nitrogen and oxygen atoms in total. The van der Waals surface area contributed by atoms with Gasteiger partial charge in [0.1, 0.15) is 17.9 Å². The molecule has 0 radical (unpaired) electrons. The van der Waals surface area contributed by atoms with Crippen LogP contribution < -0.4 is 10.3 Å². The highest BCUT2D eigenvalue weighted by atomic mass is 35.5. The number of pyridine rings is 1. The van der Waals surface area contributed by atoms with Gasteiger partial charge in [0.05, 0.1) is 11.6 Å². The van der Waals surface area contributed by atoms with Crippen LogP contribution >= 0.6 is 11.6 Å². The maximum absolute atomic E-state index is 13.1. The molecule has 0 aliphatic heterocycles. The SMILES string of the molecule is N#Cc1cc(Cl)cc(Oc2c(C(F)(F)F)ccn(CC(=O)O)c2=O)c1. The molecule has 0 atom stereocenters. The van der Waals surface area contributed by atoms with Gasteiger partial charge in [0.25, 0.3) is 5.56 Å². The molecule has 0 amide bonds. The highest BCUT2D eigenvalue weighted by Gasteiger charge is 2.36. The highest BCUT2D eigenvalue weighted by molar-refractivity contribution is 6.30. The maximum atomic E-state index is 13.1. The molecular weight excluding hydrogens is 365 g/mol. The first kappa shape index (κ1) is 18.4. The topological polar surface area (TPSA) is 92.3 Å². The zero-order valence-electron chi connectivity index (χ0n) is 12.2. The van der Waals surface area contributed by atoms with E-state index in [2.05, 4.69) is 0 Å². The number of aliphatic carboxylic acids is 1. The van der Waals surface area contributed by atoms with Crippen LogP contribution in [-0.4, -0.2) is 15.6 Å². The fourth-order valence-corrected chi connectivity index (χ4v) is 2.17. The molecule has 10 heteroatoms. The van der Waals surface area contributed by atoms with E-state index < -0.39 is 35.6 Å². The number of alkyl halides is 3. The van der Waals surface area contributed by atoms with E-state index in [4.69, 9.17) is 26.7 Å². The van der Waals surface area contributed by atoms with Gasteiger partial charge in [-0.2, -0.15) is 18.4 Å². The van der Waals surface area contributed by atoms with E-state index in [0.29, 0.717) is 16.8 Å². The van der Waals surface area contributed by atoms with Gasteiger partial charge >= 0.3 is 12.1 Å². The molecule has 2 rings (SSSR count). The Hall–Kier alpha value is -2.99. The number of hydrogen-bond acceptors (Lipinski definition) is 4. The lowest BCUT2D eigenvalue weighted by Gasteiger charge is -2.15. The molecule has 1 aromatic heterocycles. The predicted molar refractivity (Wildman–Crippen MR) is 79.6 cm³/mol. The average Bonchev–Trinajstić information content (AvgIpc) is 2.49. The zero-order valence-corrected chi connectivity index (χ0v) is 12.9. The summed E-state index contributed by atoms with van der Waals surface area (Å²) in [6.45, 7) is -0.841. The summed E-state index contributed by atoms with van der Waals surface area (Å²) in [4.78, 5) is 22.9. The molecular formula is C15H8ClF3N2O4. The molecule has 1 heterocycles. The summed E-state index contributed by atoms with van der Waals surface area (Å²) in [6.07, 6.45) is -4.20. The van der Waals surface area contributed by atoms with Gasteiger partial charge in [-0.25, -0.2) is 0 Å². The minimum Gasteiger partial charge on any atom is -0.480 e. The predicted octanol–water partition coefficient (Wildman–Crippen LogP) is 3.27. The number of hydrogen-bond donors (Lipinski definition) is 1. The minimum absolute atomic E-state index is 0.0119. The van der Waals surface area contributed by atoms with Crippen LogP contribution in [0.25, 0.3) is 0 Å². The number of rotatable bonds is 4. The van der Waals surface area contributed by atoms with Crippen LogP contribution in [0.15, 0.2) is 35.3 Å². The number of ether oxygens (including phenoxy) is 1. The normalized spacial score (nSPS) is 11.0. The zero-order chi connectivity index (χ0) is 18.8. The summed E-state index contributed by atoms with van der Waals surface area (Å²) >= 11 is 5.75. The van der Waals surface area contributed by atoms with E-state index >= 15 is 0 Å². The lowest BCUT2D eigenvalue weighted by atomic mass is 10.2. The Balaban J connectivity index is 2.61. The number of nitriles is 1. The Labute approximate surface area is 143 Å². The van der Waals surface area contributed by atoms with Crippen molar-refractivity contribution in [2.75, 3.05) is 0 Å². The Morgan fingerprint density at radius 2 is 2.04 bits per heavy atom. The number of carboxylic acid groups (broad SMARTS) is 1. The number of carboxylic acids is 1. The molecule has 0 saturated carbocycles. The van der Waals surface area contributed by atoms with E-state index in [1.807, 2.05) is 0 Å². The summed E-state index contributed by atoms with van der Waals surface area (Å²) in [5.74, 6) is -2.79. The standard InChI is InChI=1S/C15H8ClF3N2O4/c16-9-3-8(6-20)4-10(5-9)25-13-11(15(17,18)19)1-2-21(14(13)24)7-12(22)23/h1-5H,7H2,(H,22,23). The summed E-state index contributed by atoms with van der Waals surface area (Å²) in [7, 11) is 0. The van der Waals surface area contributed by atoms with Gasteiger partial charge in [-0.05, 0) is 24.3 Å². The fraction of sp³-hybridized carbons (Fsp3) is 0.133. The van der Waals surface area contributed by atoms with Gasteiger partial charge in [0, 0.05) is 11.2 Å².